The van der Waals surface area contributed by atoms with Crippen LogP contribution < -0.4 is 5.73 Å². The Bertz CT molecular complexity index is 428. The summed E-state index contributed by atoms with van der Waals surface area (Å²) < 4.78 is 2.19. The van der Waals surface area contributed by atoms with Gasteiger partial charge in [-0.3, -0.25) is 4.90 Å². The molecule has 1 aromatic carbocycles. The molecule has 0 radical (unpaired) electrons. The zero-order chi connectivity index (χ0) is 13.8. The van der Waals surface area contributed by atoms with Crippen molar-refractivity contribution < 1.29 is 0 Å². The lowest BCUT2D eigenvalue weighted by Gasteiger charge is -2.37. The summed E-state index contributed by atoms with van der Waals surface area (Å²) in [5.74, 6) is 1.21. The van der Waals surface area contributed by atoms with Gasteiger partial charge in [-0.1, -0.05) is 13.0 Å². The number of rotatable bonds is 4. The van der Waals surface area contributed by atoms with Crippen molar-refractivity contribution in [2.45, 2.75) is 24.6 Å². The van der Waals surface area contributed by atoms with Gasteiger partial charge >= 0.3 is 0 Å². The molecule has 2 unspecified atom stereocenters. The first kappa shape index (κ1) is 15.8. The van der Waals surface area contributed by atoms with E-state index in [2.05, 4.69) is 73.6 Å². The van der Waals surface area contributed by atoms with Gasteiger partial charge in [0.2, 0.25) is 0 Å². The van der Waals surface area contributed by atoms with Crippen LogP contribution in [0.1, 0.15) is 24.9 Å². The molecule has 2 rings (SSSR count). The van der Waals surface area contributed by atoms with E-state index in [0.717, 1.165) is 27.3 Å². The monoisotopic (exact) mass is 406 g/mol. The number of nitrogens with two attached hydrogens (primary N) is 1. The van der Waals surface area contributed by atoms with Gasteiger partial charge in [-0.25, -0.2) is 0 Å². The Labute approximate surface area is 136 Å². The number of nitrogens with zero attached hydrogens (tertiary/aromatic N) is 1. The van der Waals surface area contributed by atoms with Crippen LogP contribution in [-0.4, -0.2) is 35.5 Å². The summed E-state index contributed by atoms with van der Waals surface area (Å²) in [5, 5.41) is 0.752. The smallest absolute Gasteiger partial charge is 0.0471 e. The number of thioether (sulfide) groups is 1. The van der Waals surface area contributed by atoms with Gasteiger partial charge in [0.15, 0.2) is 0 Å². The fourth-order valence-electron chi connectivity index (χ4n) is 2.49. The van der Waals surface area contributed by atoms with Crippen LogP contribution in [0, 0.1) is 0 Å². The van der Waals surface area contributed by atoms with E-state index < -0.39 is 0 Å². The lowest BCUT2D eigenvalue weighted by molar-refractivity contribution is 0.207. The maximum atomic E-state index is 6.04. The number of benzene rings is 1. The summed E-state index contributed by atoms with van der Waals surface area (Å²) >= 11 is 9.20. The fourth-order valence-corrected chi connectivity index (χ4v) is 4.34. The first-order chi connectivity index (χ1) is 9.15. The molecule has 0 aromatic heterocycles. The van der Waals surface area contributed by atoms with Crippen molar-refractivity contribution in [3.63, 3.8) is 0 Å². The molecule has 2 N–H and O–H groups in total. The second kappa shape index (κ2) is 7.46. The number of hydrogen-bond donors (Lipinski definition) is 1. The molecule has 1 aliphatic heterocycles. The summed E-state index contributed by atoms with van der Waals surface area (Å²) in [4.78, 5) is 2.54. The van der Waals surface area contributed by atoms with Gasteiger partial charge in [-0.05, 0) is 56.0 Å². The van der Waals surface area contributed by atoms with Gasteiger partial charge in [0, 0.05) is 45.6 Å². The third-order valence-corrected chi connectivity index (χ3v) is 6.87. The maximum absolute atomic E-state index is 6.04. The van der Waals surface area contributed by atoms with Crippen molar-refractivity contribution in [1.82, 2.24) is 4.90 Å². The van der Waals surface area contributed by atoms with E-state index in [9.17, 15) is 0 Å². The van der Waals surface area contributed by atoms with E-state index >= 15 is 0 Å². The summed E-state index contributed by atoms with van der Waals surface area (Å²) in [6.07, 6.45) is 1.24. The van der Waals surface area contributed by atoms with Crippen LogP contribution in [0.2, 0.25) is 0 Å². The molecule has 0 spiro atoms. The zero-order valence-electron chi connectivity index (χ0n) is 11.1. The van der Waals surface area contributed by atoms with Crippen molar-refractivity contribution in [3.05, 3.63) is 32.7 Å². The Kier molecular flexibility index (Phi) is 6.21. The minimum Gasteiger partial charge on any atom is -0.329 e. The molecule has 0 saturated carbocycles. The Morgan fingerprint density at radius 1 is 1.42 bits per heavy atom. The van der Waals surface area contributed by atoms with E-state index in [1.165, 1.54) is 17.7 Å². The van der Waals surface area contributed by atoms with Crippen LogP contribution in [0.3, 0.4) is 0 Å². The maximum Gasteiger partial charge on any atom is 0.0471 e. The van der Waals surface area contributed by atoms with E-state index in [1.807, 2.05) is 0 Å². The number of halogens is 2. The molecule has 0 amide bonds. The molecule has 1 fully saturated rings. The van der Waals surface area contributed by atoms with Crippen LogP contribution in [0.25, 0.3) is 0 Å². The minimum atomic E-state index is 0.333. The Balaban J connectivity index is 2.16. The van der Waals surface area contributed by atoms with Crippen molar-refractivity contribution in [2.24, 2.45) is 5.73 Å². The van der Waals surface area contributed by atoms with E-state index in [4.69, 9.17) is 5.73 Å². The third-order valence-electron chi connectivity index (χ3n) is 3.62. The van der Waals surface area contributed by atoms with Crippen LogP contribution in [0.4, 0.5) is 0 Å². The van der Waals surface area contributed by atoms with Crippen molar-refractivity contribution in [2.75, 3.05) is 25.4 Å². The molecule has 0 bridgehead atoms. The van der Waals surface area contributed by atoms with Gasteiger partial charge < -0.3 is 5.73 Å². The van der Waals surface area contributed by atoms with Crippen molar-refractivity contribution in [1.29, 1.82) is 0 Å². The predicted molar refractivity (Wildman–Crippen MR) is 91.7 cm³/mol. The van der Waals surface area contributed by atoms with Crippen LogP contribution >= 0.6 is 43.6 Å². The first-order valence-corrected chi connectivity index (χ1v) is 9.29. The highest BCUT2D eigenvalue weighted by Crippen LogP contribution is 2.31. The highest BCUT2D eigenvalue weighted by atomic mass is 79.9. The molecule has 1 aliphatic rings. The molecule has 1 aromatic rings. The van der Waals surface area contributed by atoms with Gasteiger partial charge in [0.25, 0.3) is 0 Å². The van der Waals surface area contributed by atoms with Gasteiger partial charge in [0.05, 0.1) is 0 Å². The Hall–Kier alpha value is 0.450. The molecule has 0 aliphatic carbocycles. The molecule has 1 saturated heterocycles. The molecule has 2 nitrogen and oxygen atoms in total. The molecule has 2 atom stereocenters. The summed E-state index contributed by atoms with van der Waals surface area (Å²) in [5.41, 5.74) is 7.34. The predicted octanol–water partition coefficient (Wildman–Crippen LogP) is 4.04. The van der Waals surface area contributed by atoms with Crippen LogP contribution in [-0.2, 0) is 0 Å². The topological polar surface area (TPSA) is 29.3 Å². The summed E-state index contributed by atoms with van der Waals surface area (Å²) in [7, 11) is 0. The quantitative estimate of drug-likeness (QED) is 0.816. The average molecular weight is 408 g/mol. The highest BCUT2D eigenvalue weighted by Gasteiger charge is 2.25. The molecule has 5 heteroatoms. The first-order valence-electron chi connectivity index (χ1n) is 6.66. The standard InChI is InChI=1S/C14H20Br2N2S/c1-2-11-9-18(5-6-19-11)14(8-17)10-3-4-12(15)13(16)7-10/h3-4,7,11,14H,2,5-6,8-9,17H2,1H3. The molecular weight excluding hydrogens is 388 g/mol. The second-order valence-electron chi connectivity index (χ2n) is 4.82. The number of hydrogen-bond acceptors (Lipinski definition) is 3. The minimum absolute atomic E-state index is 0.333. The lowest BCUT2D eigenvalue weighted by Crippen LogP contribution is -2.42. The Morgan fingerprint density at radius 2 is 2.21 bits per heavy atom. The van der Waals surface area contributed by atoms with Gasteiger partial charge in [-0.2, -0.15) is 11.8 Å². The normalized spacial score (nSPS) is 22.4. The summed E-state index contributed by atoms with van der Waals surface area (Å²) in [6.45, 7) is 5.23. The highest BCUT2D eigenvalue weighted by molar-refractivity contribution is 9.13. The van der Waals surface area contributed by atoms with E-state index in [1.54, 1.807) is 0 Å². The van der Waals surface area contributed by atoms with Crippen molar-refractivity contribution >= 4 is 43.6 Å². The largest absolute Gasteiger partial charge is 0.329 e. The SMILES string of the molecule is CCC1CN(C(CN)c2ccc(Br)c(Br)c2)CCS1. The molecule has 19 heavy (non-hydrogen) atoms. The molecular formula is C14H20Br2N2S. The van der Waals surface area contributed by atoms with Crippen molar-refractivity contribution in [3.8, 4) is 0 Å². The summed E-state index contributed by atoms with van der Waals surface area (Å²) in [6, 6.07) is 6.79. The van der Waals surface area contributed by atoms with Crippen LogP contribution in [0.15, 0.2) is 27.1 Å². The molecule has 1 heterocycles. The Morgan fingerprint density at radius 3 is 2.84 bits per heavy atom. The lowest BCUT2D eigenvalue weighted by atomic mass is 10.0. The zero-order valence-corrected chi connectivity index (χ0v) is 15.1. The average Bonchev–Trinajstić information content (AvgIpc) is 2.44. The third kappa shape index (κ3) is 3.97. The van der Waals surface area contributed by atoms with Gasteiger partial charge in [-0.15, -0.1) is 0 Å². The van der Waals surface area contributed by atoms with Crippen LogP contribution in [0.5, 0.6) is 0 Å². The second-order valence-corrected chi connectivity index (χ2v) is 7.94. The van der Waals surface area contributed by atoms with Gasteiger partial charge in [0.1, 0.15) is 0 Å². The fraction of sp³-hybridized carbons (Fsp3) is 0.571. The van der Waals surface area contributed by atoms with E-state index in [-0.39, 0.29) is 0 Å². The molecule has 106 valence electrons. The van der Waals surface area contributed by atoms with E-state index in [0.29, 0.717) is 12.6 Å².